The molecule has 1 heterocycles. The molecule has 0 aliphatic carbocycles. The Kier molecular flexibility index (Phi) is 8.90. The Morgan fingerprint density at radius 2 is 1.79 bits per heavy atom. The van der Waals surface area contributed by atoms with Gasteiger partial charge < -0.3 is 16.2 Å². The van der Waals surface area contributed by atoms with Crippen LogP contribution in [0, 0.1) is 5.41 Å². The van der Waals surface area contributed by atoms with Crippen LogP contribution in [0.4, 0.5) is 0 Å². The van der Waals surface area contributed by atoms with Crippen molar-refractivity contribution in [3.05, 3.63) is 52.2 Å². The number of thiophene rings is 1. The van der Waals surface area contributed by atoms with Crippen molar-refractivity contribution >= 4 is 45.1 Å². The van der Waals surface area contributed by atoms with Gasteiger partial charge in [0.1, 0.15) is 6.04 Å². The lowest BCUT2D eigenvalue weighted by molar-refractivity contribution is -0.138. The number of sulfonamides is 1. The number of carboxylic acid groups (broad SMARTS) is 1. The van der Waals surface area contributed by atoms with E-state index in [0.717, 1.165) is 16.3 Å². The summed E-state index contributed by atoms with van der Waals surface area (Å²) in [6.07, 6.45) is 0.597. The zero-order valence-electron chi connectivity index (χ0n) is 17.6. The molecule has 1 aromatic heterocycles. The number of carboxylic acids is 1. The number of amides is 2. The van der Waals surface area contributed by atoms with Gasteiger partial charge in [0.05, 0.1) is 14.6 Å². The van der Waals surface area contributed by atoms with Crippen molar-refractivity contribution in [2.24, 2.45) is 5.73 Å². The Bertz CT molecular complexity index is 1120. The van der Waals surface area contributed by atoms with Crippen molar-refractivity contribution in [1.82, 2.24) is 20.5 Å². The van der Waals surface area contributed by atoms with Gasteiger partial charge in [0.2, 0.25) is 16.0 Å². The van der Waals surface area contributed by atoms with Gasteiger partial charge >= 0.3 is 5.97 Å². The van der Waals surface area contributed by atoms with E-state index in [4.69, 9.17) is 11.1 Å². The van der Waals surface area contributed by atoms with Gasteiger partial charge in [0, 0.05) is 13.1 Å². The van der Waals surface area contributed by atoms with Crippen LogP contribution in [-0.2, 0) is 14.8 Å². The van der Waals surface area contributed by atoms with Gasteiger partial charge in [0.25, 0.3) is 11.8 Å². The Morgan fingerprint density at radius 3 is 2.36 bits per heavy atom. The first-order valence-corrected chi connectivity index (χ1v) is 12.0. The Morgan fingerprint density at radius 1 is 1.15 bits per heavy atom. The van der Waals surface area contributed by atoms with E-state index in [1.165, 1.54) is 36.4 Å². The van der Waals surface area contributed by atoms with Crippen LogP contribution in [0.3, 0.4) is 0 Å². The topological polar surface area (TPSA) is 195 Å². The van der Waals surface area contributed by atoms with Crippen LogP contribution in [0.2, 0.25) is 0 Å². The smallest absolute Gasteiger partial charge is 0.323 e. The van der Waals surface area contributed by atoms with Crippen LogP contribution in [0.25, 0.3) is 0 Å². The van der Waals surface area contributed by atoms with Crippen LogP contribution < -0.4 is 21.2 Å². The number of nitrogens with one attached hydrogen (secondary N) is 4. The summed E-state index contributed by atoms with van der Waals surface area (Å²) < 4.78 is 26.8. The number of nitrogens with two attached hydrogens (primary N) is 1. The lowest BCUT2D eigenvalue weighted by Gasteiger charge is -2.21. The second kappa shape index (κ2) is 11.4. The Balaban J connectivity index is 2.05. The molecule has 0 aliphatic heterocycles. The number of hydrogen-bond acceptors (Lipinski definition) is 7. The molecular formula is C19H24N6O6S2. The van der Waals surface area contributed by atoms with Gasteiger partial charge in [-0.15, -0.1) is 11.3 Å². The van der Waals surface area contributed by atoms with Gasteiger partial charge in [-0.3, -0.25) is 25.2 Å². The van der Waals surface area contributed by atoms with Gasteiger partial charge in [-0.05, 0) is 30.7 Å². The van der Waals surface area contributed by atoms with Gasteiger partial charge in [-0.25, -0.2) is 13.4 Å². The molecule has 1 unspecified atom stereocenters. The zero-order chi connectivity index (χ0) is 24.6. The first kappa shape index (κ1) is 25.8. The molecule has 2 aromatic rings. The normalized spacial score (nSPS) is 11.9. The fourth-order valence-corrected chi connectivity index (χ4v) is 4.68. The third-order valence-corrected chi connectivity index (χ3v) is 6.66. The van der Waals surface area contributed by atoms with Crippen molar-refractivity contribution in [3.63, 3.8) is 0 Å². The molecule has 178 valence electrons. The Hall–Kier alpha value is -3.49. The number of hydrazine groups is 1. The lowest BCUT2D eigenvalue weighted by Crippen LogP contribution is -2.49. The third-order valence-electron chi connectivity index (χ3n) is 4.10. The summed E-state index contributed by atoms with van der Waals surface area (Å²) in [4.78, 5) is 36.8. The third kappa shape index (κ3) is 7.27. The molecule has 0 fully saturated rings. The van der Waals surface area contributed by atoms with Gasteiger partial charge in [-0.1, -0.05) is 25.1 Å². The molecule has 1 aromatic carbocycles. The molecule has 2 rings (SSSR count). The van der Waals surface area contributed by atoms with Crippen LogP contribution in [0.1, 0.15) is 32.7 Å². The largest absolute Gasteiger partial charge is 0.480 e. The van der Waals surface area contributed by atoms with E-state index in [2.05, 4.69) is 10.7 Å². The number of nitrogens with zero attached hydrogens (tertiary/aromatic N) is 1. The predicted octanol–water partition coefficient (Wildman–Crippen LogP) is 0.160. The molecule has 2 amide bonds. The molecular weight excluding hydrogens is 472 g/mol. The first-order valence-electron chi connectivity index (χ1n) is 9.66. The fraction of sp³-hybridized carbons (Fsp3) is 0.263. The van der Waals surface area contributed by atoms with Crippen LogP contribution in [0.15, 0.2) is 47.4 Å². The highest BCUT2D eigenvalue weighted by Gasteiger charge is 2.26. The lowest BCUT2D eigenvalue weighted by atomic mass is 10.3. The van der Waals surface area contributed by atoms with Crippen molar-refractivity contribution in [2.75, 3.05) is 13.1 Å². The monoisotopic (exact) mass is 496 g/mol. The summed E-state index contributed by atoms with van der Waals surface area (Å²) in [5, 5.41) is 20.2. The van der Waals surface area contributed by atoms with E-state index in [-0.39, 0.29) is 21.2 Å². The highest BCUT2D eigenvalue weighted by Crippen LogP contribution is 2.18. The van der Waals surface area contributed by atoms with Crippen molar-refractivity contribution in [2.45, 2.75) is 24.3 Å². The summed E-state index contributed by atoms with van der Waals surface area (Å²) in [6.45, 7) is 1.59. The molecule has 0 spiro atoms. The van der Waals surface area contributed by atoms with Crippen molar-refractivity contribution in [3.8, 4) is 0 Å². The standard InChI is InChI=1S/C19H24N6O6S2/c1-2-10-25(23-19(20)21)17(27)15-9-8-14(32-15)16(26)22-11-13(18(28)29)24-33(30,31)12-6-4-3-5-7-12/h3-9,13,24H,2,10-11H2,1H3,(H,22,26)(H,28,29)(H4,20,21,23). The molecule has 0 bridgehead atoms. The average Bonchev–Trinajstić information content (AvgIpc) is 3.26. The quantitative estimate of drug-likeness (QED) is 0.152. The number of rotatable bonds is 10. The minimum absolute atomic E-state index is 0.111. The minimum Gasteiger partial charge on any atom is -0.480 e. The number of aliphatic carboxylic acids is 1. The van der Waals surface area contributed by atoms with Gasteiger partial charge in [0.15, 0.2) is 0 Å². The van der Waals surface area contributed by atoms with E-state index < -0.39 is 46.4 Å². The molecule has 0 saturated carbocycles. The summed E-state index contributed by atoms with van der Waals surface area (Å²) in [5.41, 5.74) is 7.71. The number of guanidine groups is 1. The predicted molar refractivity (Wildman–Crippen MR) is 121 cm³/mol. The zero-order valence-corrected chi connectivity index (χ0v) is 19.2. The summed E-state index contributed by atoms with van der Waals surface area (Å²) in [7, 11) is -4.11. The van der Waals surface area contributed by atoms with E-state index in [0.29, 0.717) is 6.42 Å². The van der Waals surface area contributed by atoms with Crippen LogP contribution in [0.5, 0.6) is 0 Å². The minimum atomic E-state index is -4.11. The molecule has 0 aliphatic rings. The number of benzene rings is 1. The molecule has 14 heteroatoms. The molecule has 7 N–H and O–H groups in total. The van der Waals surface area contributed by atoms with E-state index in [1.807, 2.05) is 11.6 Å². The second-order valence-electron chi connectivity index (χ2n) is 6.68. The molecule has 12 nitrogen and oxygen atoms in total. The number of carbonyl (C=O) groups is 3. The maximum absolute atomic E-state index is 12.6. The van der Waals surface area contributed by atoms with E-state index >= 15 is 0 Å². The molecule has 0 radical (unpaired) electrons. The van der Waals surface area contributed by atoms with E-state index in [1.54, 1.807) is 6.07 Å². The molecule has 33 heavy (non-hydrogen) atoms. The second-order valence-corrected chi connectivity index (χ2v) is 9.48. The summed E-state index contributed by atoms with van der Waals surface area (Å²) in [5.74, 6) is -3.05. The summed E-state index contributed by atoms with van der Waals surface area (Å²) in [6, 6.07) is 8.42. The average molecular weight is 497 g/mol. The first-order chi connectivity index (χ1) is 15.5. The van der Waals surface area contributed by atoms with Crippen LogP contribution in [-0.4, -0.2) is 61.4 Å². The maximum atomic E-state index is 12.6. The molecule has 0 saturated heterocycles. The number of carbonyl (C=O) groups excluding carboxylic acids is 2. The number of hydrogen-bond donors (Lipinski definition) is 6. The maximum Gasteiger partial charge on any atom is 0.323 e. The van der Waals surface area contributed by atoms with Crippen molar-refractivity contribution < 1.29 is 27.9 Å². The van der Waals surface area contributed by atoms with Gasteiger partial charge in [-0.2, -0.15) is 4.72 Å². The SMILES string of the molecule is CCCN(NC(=N)N)C(=O)c1ccc(C(=O)NCC(NS(=O)(=O)c2ccccc2)C(=O)O)s1. The Labute approximate surface area is 194 Å². The highest BCUT2D eigenvalue weighted by molar-refractivity contribution is 7.89. The fourth-order valence-electron chi connectivity index (χ4n) is 2.60. The van der Waals surface area contributed by atoms with E-state index in [9.17, 15) is 27.9 Å². The summed E-state index contributed by atoms with van der Waals surface area (Å²) >= 11 is 0.860. The van der Waals surface area contributed by atoms with Crippen LogP contribution >= 0.6 is 11.3 Å². The molecule has 1 atom stereocenters. The van der Waals surface area contributed by atoms with Crippen molar-refractivity contribution in [1.29, 1.82) is 5.41 Å². The highest BCUT2D eigenvalue weighted by atomic mass is 32.2.